The highest BCUT2D eigenvalue weighted by molar-refractivity contribution is 5.99. The second kappa shape index (κ2) is 6.21. The van der Waals surface area contributed by atoms with Crippen LogP contribution in [0, 0.1) is 0 Å². The van der Waals surface area contributed by atoms with E-state index < -0.39 is 6.10 Å². The molecule has 4 N–H and O–H groups in total. The maximum Gasteiger partial charge on any atom is 0.161 e. The fraction of sp³-hybridized carbons (Fsp3) is 0.188. The van der Waals surface area contributed by atoms with E-state index >= 15 is 0 Å². The summed E-state index contributed by atoms with van der Waals surface area (Å²) in [7, 11) is 0. The molecule has 2 aromatic rings. The number of nitrogens with two attached hydrogens (primary N) is 1. The van der Waals surface area contributed by atoms with Crippen LogP contribution in [0.15, 0.2) is 48.5 Å². The first kappa shape index (κ1) is 14.1. The molecule has 2 aromatic carbocycles. The number of carbonyl (C=O) groups is 1. The number of nitrogens with one attached hydrogen (secondary N) is 1. The van der Waals surface area contributed by atoms with Crippen LogP contribution < -0.4 is 11.1 Å². The standard InChI is InChI=1S/C16H18N2O2/c1-11(19)14-8-7-13(9-15(14)17)18-10-16(20)12-5-3-2-4-6-12/h2-9,16,18,20H,10,17H2,1H3. The van der Waals surface area contributed by atoms with E-state index in [0.717, 1.165) is 11.3 Å². The molecule has 1 unspecified atom stereocenters. The largest absolute Gasteiger partial charge is 0.398 e. The zero-order valence-electron chi connectivity index (χ0n) is 11.3. The number of nitrogen functional groups attached to an aromatic ring is 1. The number of ketones is 1. The second-order valence-electron chi connectivity index (χ2n) is 4.67. The fourth-order valence-corrected chi connectivity index (χ4v) is 2.00. The van der Waals surface area contributed by atoms with E-state index in [1.54, 1.807) is 18.2 Å². The average molecular weight is 270 g/mol. The first-order valence-corrected chi connectivity index (χ1v) is 6.45. The Labute approximate surface area is 118 Å². The van der Waals surface area contributed by atoms with Crippen molar-refractivity contribution in [2.24, 2.45) is 0 Å². The van der Waals surface area contributed by atoms with Crippen molar-refractivity contribution in [2.75, 3.05) is 17.6 Å². The minimum Gasteiger partial charge on any atom is -0.398 e. The van der Waals surface area contributed by atoms with Crippen molar-refractivity contribution in [3.63, 3.8) is 0 Å². The van der Waals surface area contributed by atoms with Crippen molar-refractivity contribution in [1.29, 1.82) is 0 Å². The molecule has 0 saturated carbocycles. The van der Waals surface area contributed by atoms with Crippen LogP contribution in [0.1, 0.15) is 28.9 Å². The summed E-state index contributed by atoms with van der Waals surface area (Å²) < 4.78 is 0. The summed E-state index contributed by atoms with van der Waals surface area (Å²) >= 11 is 0. The molecule has 0 spiro atoms. The number of aliphatic hydroxyl groups excluding tert-OH is 1. The predicted molar refractivity (Wildman–Crippen MR) is 80.8 cm³/mol. The van der Waals surface area contributed by atoms with E-state index in [4.69, 9.17) is 5.73 Å². The minimum atomic E-state index is -0.593. The molecular weight excluding hydrogens is 252 g/mol. The first-order valence-electron chi connectivity index (χ1n) is 6.45. The number of rotatable bonds is 5. The van der Waals surface area contributed by atoms with Crippen molar-refractivity contribution in [1.82, 2.24) is 0 Å². The Bertz CT molecular complexity index is 597. The van der Waals surface area contributed by atoms with Crippen LogP contribution in [0.5, 0.6) is 0 Å². The molecule has 0 aliphatic heterocycles. The molecule has 0 amide bonds. The average Bonchev–Trinajstić information content (AvgIpc) is 2.45. The van der Waals surface area contributed by atoms with Gasteiger partial charge in [0.05, 0.1) is 6.10 Å². The lowest BCUT2D eigenvalue weighted by molar-refractivity contribution is 0.101. The van der Waals surface area contributed by atoms with Gasteiger partial charge in [-0.2, -0.15) is 0 Å². The predicted octanol–water partition coefficient (Wildman–Crippen LogP) is 2.62. The van der Waals surface area contributed by atoms with Gasteiger partial charge < -0.3 is 16.2 Å². The van der Waals surface area contributed by atoms with Crippen LogP contribution >= 0.6 is 0 Å². The molecule has 0 aromatic heterocycles. The van der Waals surface area contributed by atoms with E-state index in [9.17, 15) is 9.90 Å². The Morgan fingerprint density at radius 2 is 1.95 bits per heavy atom. The molecule has 0 radical (unpaired) electrons. The van der Waals surface area contributed by atoms with Crippen molar-refractivity contribution in [3.8, 4) is 0 Å². The molecule has 1 atom stereocenters. The smallest absolute Gasteiger partial charge is 0.161 e. The molecular formula is C16H18N2O2. The zero-order valence-corrected chi connectivity index (χ0v) is 11.3. The highest BCUT2D eigenvalue weighted by Crippen LogP contribution is 2.20. The summed E-state index contributed by atoms with van der Waals surface area (Å²) in [5, 5.41) is 13.2. The van der Waals surface area contributed by atoms with Crippen LogP contribution in [0.2, 0.25) is 0 Å². The normalized spacial score (nSPS) is 11.9. The molecule has 2 rings (SSSR count). The number of hydrogen-bond donors (Lipinski definition) is 3. The lowest BCUT2D eigenvalue weighted by Crippen LogP contribution is -2.12. The van der Waals surface area contributed by atoms with Gasteiger partial charge in [0.2, 0.25) is 0 Å². The first-order chi connectivity index (χ1) is 9.58. The number of benzene rings is 2. The lowest BCUT2D eigenvalue weighted by Gasteiger charge is -2.14. The maximum atomic E-state index is 11.3. The molecule has 0 bridgehead atoms. The van der Waals surface area contributed by atoms with Gasteiger partial charge in [0.25, 0.3) is 0 Å². The van der Waals surface area contributed by atoms with Gasteiger partial charge in [-0.3, -0.25) is 4.79 Å². The highest BCUT2D eigenvalue weighted by Gasteiger charge is 2.08. The maximum absolute atomic E-state index is 11.3. The van der Waals surface area contributed by atoms with Gasteiger partial charge in [-0.05, 0) is 30.7 Å². The summed E-state index contributed by atoms with van der Waals surface area (Å²) in [4.78, 5) is 11.3. The fourth-order valence-electron chi connectivity index (χ4n) is 2.00. The monoisotopic (exact) mass is 270 g/mol. The van der Waals surface area contributed by atoms with E-state index in [0.29, 0.717) is 17.8 Å². The minimum absolute atomic E-state index is 0.0571. The van der Waals surface area contributed by atoms with Crippen LogP contribution in [-0.2, 0) is 0 Å². The Morgan fingerprint density at radius 3 is 2.55 bits per heavy atom. The Morgan fingerprint density at radius 1 is 1.25 bits per heavy atom. The molecule has 0 fully saturated rings. The molecule has 0 heterocycles. The molecule has 0 aliphatic carbocycles. The van der Waals surface area contributed by atoms with E-state index in [2.05, 4.69) is 5.32 Å². The van der Waals surface area contributed by atoms with Crippen molar-refractivity contribution < 1.29 is 9.90 Å². The molecule has 0 aliphatic rings. The third kappa shape index (κ3) is 3.36. The van der Waals surface area contributed by atoms with Gasteiger partial charge in [0, 0.05) is 23.5 Å². The quantitative estimate of drug-likeness (QED) is 0.576. The van der Waals surface area contributed by atoms with Crippen molar-refractivity contribution in [2.45, 2.75) is 13.0 Å². The molecule has 104 valence electrons. The second-order valence-corrected chi connectivity index (χ2v) is 4.67. The Hall–Kier alpha value is -2.33. The Kier molecular flexibility index (Phi) is 4.38. The van der Waals surface area contributed by atoms with Gasteiger partial charge in [-0.1, -0.05) is 30.3 Å². The third-order valence-electron chi connectivity index (χ3n) is 3.11. The number of anilines is 2. The number of Topliss-reactive ketones (excluding diaryl/α,β-unsaturated/α-hetero) is 1. The number of aliphatic hydroxyl groups is 1. The lowest BCUT2D eigenvalue weighted by atomic mass is 10.1. The van der Waals surface area contributed by atoms with Gasteiger partial charge >= 0.3 is 0 Å². The molecule has 20 heavy (non-hydrogen) atoms. The third-order valence-corrected chi connectivity index (χ3v) is 3.11. The zero-order chi connectivity index (χ0) is 14.5. The van der Waals surface area contributed by atoms with Gasteiger partial charge in [-0.25, -0.2) is 0 Å². The van der Waals surface area contributed by atoms with Crippen LogP contribution in [0.4, 0.5) is 11.4 Å². The number of carbonyl (C=O) groups excluding carboxylic acids is 1. The summed E-state index contributed by atoms with van der Waals surface area (Å²) in [5.74, 6) is -0.0571. The van der Waals surface area contributed by atoms with Gasteiger partial charge in [0.15, 0.2) is 5.78 Å². The van der Waals surface area contributed by atoms with E-state index in [1.807, 2.05) is 30.3 Å². The van der Waals surface area contributed by atoms with Crippen molar-refractivity contribution in [3.05, 3.63) is 59.7 Å². The summed E-state index contributed by atoms with van der Waals surface area (Å²) in [6, 6.07) is 14.6. The number of hydrogen-bond acceptors (Lipinski definition) is 4. The summed E-state index contributed by atoms with van der Waals surface area (Å²) in [6.07, 6.45) is -0.593. The van der Waals surface area contributed by atoms with Crippen LogP contribution in [0.25, 0.3) is 0 Å². The van der Waals surface area contributed by atoms with E-state index in [1.165, 1.54) is 6.92 Å². The topological polar surface area (TPSA) is 75.3 Å². The molecule has 4 nitrogen and oxygen atoms in total. The Balaban J connectivity index is 2.01. The van der Waals surface area contributed by atoms with Crippen molar-refractivity contribution >= 4 is 17.2 Å². The summed E-state index contributed by atoms with van der Waals surface area (Å²) in [5.41, 5.74) is 8.41. The van der Waals surface area contributed by atoms with E-state index in [-0.39, 0.29) is 5.78 Å². The SMILES string of the molecule is CC(=O)c1ccc(NCC(O)c2ccccc2)cc1N. The molecule has 0 saturated heterocycles. The molecule has 4 heteroatoms. The summed E-state index contributed by atoms with van der Waals surface area (Å²) in [6.45, 7) is 1.86. The van der Waals surface area contributed by atoms with Crippen LogP contribution in [0.3, 0.4) is 0 Å². The van der Waals surface area contributed by atoms with Crippen LogP contribution in [-0.4, -0.2) is 17.4 Å². The van der Waals surface area contributed by atoms with Gasteiger partial charge in [0.1, 0.15) is 0 Å². The van der Waals surface area contributed by atoms with Gasteiger partial charge in [-0.15, -0.1) is 0 Å². The highest BCUT2D eigenvalue weighted by atomic mass is 16.3.